The summed E-state index contributed by atoms with van der Waals surface area (Å²) in [5.74, 6) is 0.0292. The summed E-state index contributed by atoms with van der Waals surface area (Å²) in [6.07, 6.45) is 2.10. The number of amides is 1. The Morgan fingerprint density at radius 1 is 1.11 bits per heavy atom. The van der Waals surface area contributed by atoms with E-state index in [0.717, 1.165) is 50.1 Å². The Morgan fingerprint density at radius 2 is 1.89 bits per heavy atom. The van der Waals surface area contributed by atoms with E-state index in [0.29, 0.717) is 25.4 Å². The molecule has 1 aromatic carbocycles. The predicted molar refractivity (Wildman–Crippen MR) is 133 cm³/mol. The van der Waals surface area contributed by atoms with Crippen molar-refractivity contribution in [3.05, 3.63) is 53.9 Å². The van der Waals surface area contributed by atoms with Gasteiger partial charge in [-0.3, -0.25) is 14.7 Å². The van der Waals surface area contributed by atoms with Gasteiger partial charge < -0.3 is 19.8 Å². The van der Waals surface area contributed by atoms with Crippen LogP contribution in [-0.2, 0) is 16.6 Å². The molecule has 3 fully saturated rings. The van der Waals surface area contributed by atoms with Gasteiger partial charge in [-0.15, -0.1) is 0 Å². The van der Waals surface area contributed by atoms with E-state index in [4.69, 9.17) is 4.52 Å². The molecule has 1 amide bonds. The molecule has 2 aliphatic heterocycles. The Kier molecular flexibility index (Phi) is 6.30. The van der Waals surface area contributed by atoms with Gasteiger partial charge in [-0.1, -0.05) is 11.2 Å². The lowest BCUT2D eigenvalue weighted by Crippen LogP contribution is -2.47. The molecule has 11 heteroatoms. The number of benzene rings is 1. The second-order valence-corrected chi connectivity index (χ2v) is 10.6. The molecule has 38 heavy (non-hydrogen) atoms. The number of alkyl halides is 3. The van der Waals surface area contributed by atoms with Crippen LogP contribution in [0.5, 0.6) is 0 Å². The minimum absolute atomic E-state index is 0.0678. The van der Waals surface area contributed by atoms with Gasteiger partial charge in [0.2, 0.25) is 5.91 Å². The van der Waals surface area contributed by atoms with Gasteiger partial charge in [-0.2, -0.15) is 13.2 Å². The van der Waals surface area contributed by atoms with Crippen LogP contribution in [0, 0.1) is 0 Å². The first-order valence-electron chi connectivity index (χ1n) is 13.1. The fourth-order valence-electron chi connectivity index (χ4n) is 6.59. The SMILES string of the molecule is O=C(CNc1noc2ccc(C(F)(F)F)cc12)N1CC[C@@H]2[C@H]1CCN2C1CCC(O)(c2ccccn2)CC1. The first-order chi connectivity index (χ1) is 18.2. The minimum atomic E-state index is -4.48. The number of pyridine rings is 1. The lowest BCUT2D eigenvalue weighted by atomic mass is 9.79. The van der Waals surface area contributed by atoms with Crippen LogP contribution < -0.4 is 5.32 Å². The van der Waals surface area contributed by atoms with E-state index in [-0.39, 0.29) is 41.3 Å². The second kappa shape index (κ2) is 9.53. The molecule has 0 bridgehead atoms. The third-order valence-electron chi connectivity index (χ3n) is 8.54. The fraction of sp³-hybridized carbons (Fsp3) is 0.519. The first-order valence-corrected chi connectivity index (χ1v) is 13.1. The summed E-state index contributed by atoms with van der Waals surface area (Å²) in [5.41, 5.74) is -0.718. The number of likely N-dealkylation sites (tertiary alicyclic amines) is 2. The standard InChI is InChI=1S/C27H30F3N5O3/c28-27(29,30)17-4-5-22-19(15-17)25(33-38-22)32-16-24(36)35-14-9-20-21(35)8-13-34(20)18-6-10-26(37,11-7-18)23-3-1-2-12-31-23/h1-5,12,15,18,20-21,37H,6-11,13-14,16H2,(H,32,33)/t18?,20-,21-,26?/m1/s1. The highest BCUT2D eigenvalue weighted by atomic mass is 19.4. The molecule has 0 spiro atoms. The van der Waals surface area contributed by atoms with Crippen LogP contribution in [0.2, 0.25) is 0 Å². The van der Waals surface area contributed by atoms with Gasteiger partial charge in [0, 0.05) is 37.4 Å². The highest BCUT2D eigenvalue weighted by Crippen LogP contribution is 2.42. The molecule has 2 aromatic heterocycles. The number of rotatable bonds is 5. The second-order valence-electron chi connectivity index (χ2n) is 10.6. The van der Waals surface area contributed by atoms with Crippen LogP contribution in [0.3, 0.4) is 0 Å². The number of nitrogens with one attached hydrogen (secondary N) is 1. The van der Waals surface area contributed by atoms with Crippen molar-refractivity contribution >= 4 is 22.7 Å². The molecule has 0 radical (unpaired) electrons. The van der Waals surface area contributed by atoms with Crippen molar-refractivity contribution in [1.82, 2.24) is 19.9 Å². The van der Waals surface area contributed by atoms with Crippen LogP contribution >= 0.6 is 0 Å². The summed E-state index contributed by atoms with van der Waals surface area (Å²) >= 11 is 0. The number of aliphatic hydroxyl groups is 1. The number of hydrogen-bond acceptors (Lipinski definition) is 7. The average molecular weight is 530 g/mol. The van der Waals surface area contributed by atoms with Crippen LogP contribution in [0.4, 0.5) is 19.0 Å². The largest absolute Gasteiger partial charge is 0.416 e. The van der Waals surface area contributed by atoms with Crippen molar-refractivity contribution in [2.75, 3.05) is 25.0 Å². The van der Waals surface area contributed by atoms with Crippen LogP contribution in [0.25, 0.3) is 11.0 Å². The van der Waals surface area contributed by atoms with E-state index in [1.54, 1.807) is 6.20 Å². The van der Waals surface area contributed by atoms with Crippen molar-refractivity contribution < 1.29 is 27.6 Å². The van der Waals surface area contributed by atoms with Gasteiger partial charge >= 0.3 is 6.18 Å². The van der Waals surface area contributed by atoms with E-state index in [9.17, 15) is 23.1 Å². The van der Waals surface area contributed by atoms with Gasteiger partial charge in [-0.05, 0) is 68.9 Å². The maximum absolute atomic E-state index is 13.1. The van der Waals surface area contributed by atoms with Crippen molar-refractivity contribution in [3.63, 3.8) is 0 Å². The minimum Gasteiger partial charge on any atom is -0.384 e. The highest BCUT2D eigenvalue weighted by molar-refractivity contribution is 5.91. The van der Waals surface area contributed by atoms with Crippen molar-refractivity contribution in [1.29, 1.82) is 0 Å². The van der Waals surface area contributed by atoms with Crippen molar-refractivity contribution in [2.24, 2.45) is 0 Å². The molecule has 2 atom stereocenters. The Bertz CT molecular complexity index is 1310. The molecule has 1 saturated carbocycles. The summed E-state index contributed by atoms with van der Waals surface area (Å²) in [6, 6.07) is 9.58. The number of anilines is 1. The van der Waals surface area contributed by atoms with Crippen molar-refractivity contribution in [3.8, 4) is 0 Å². The van der Waals surface area contributed by atoms with Gasteiger partial charge in [0.15, 0.2) is 11.4 Å². The molecule has 1 aliphatic carbocycles. The quantitative estimate of drug-likeness (QED) is 0.513. The molecular weight excluding hydrogens is 499 g/mol. The van der Waals surface area contributed by atoms with E-state index < -0.39 is 17.3 Å². The molecule has 2 N–H and O–H groups in total. The van der Waals surface area contributed by atoms with Crippen LogP contribution in [-0.4, -0.2) is 68.7 Å². The number of fused-ring (bicyclic) bond motifs is 2. The summed E-state index contributed by atoms with van der Waals surface area (Å²) < 4.78 is 44.5. The summed E-state index contributed by atoms with van der Waals surface area (Å²) in [6.45, 7) is 1.49. The lowest BCUT2D eigenvalue weighted by Gasteiger charge is -2.41. The summed E-state index contributed by atoms with van der Waals surface area (Å²) in [7, 11) is 0. The monoisotopic (exact) mass is 529 g/mol. The number of hydrogen-bond donors (Lipinski definition) is 2. The van der Waals surface area contributed by atoms with E-state index >= 15 is 0 Å². The molecule has 202 valence electrons. The number of carbonyl (C=O) groups is 1. The van der Waals surface area contributed by atoms with Gasteiger partial charge in [0.1, 0.15) is 5.60 Å². The Hall–Kier alpha value is -3.18. The van der Waals surface area contributed by atoms with Crippen LogP contribution in [0.1, 0.15) is 49.8 Å². The Morgan fingerprint density at radius 3 is 2.63 bits per heavy atom. The number of halogens is 3. The summed E-state index contributed by atoms with van der Waals surface area (Å²) in [5, 5.41) is 18.1. The van der Waals surface area contributed by atoms with Gasteiger partial charge in [0.05, 0.1) is 23.2 Å². The first kappa shape index (κ1) is 25.1. The molecule has 8 nitrogen and oxygen atoms in total. The maximum atomic E-state index is 13.1. The molecule has 3 aromatic rings. The Balaban J connectivity index is 1.06. The predicted octanol–water partition coefficient (Wildman–Crippen LogP) is 4.16. The topological polar surface area (TPSA) is 94.7 Å². The Labute approximate surface area is 217 Å². The summed E-state index contributed by atoms with van der Waals surface area (Å²) in [4.78, 5) is 21.9. The van der Waals surface area contributed by atoms with Crippen LogP contribution in [0.15, 0.2) is 47.1 Å². The maximum Gasteiger partial charge on any atom is 0.416 e. The zero-order valence-electron chi connectivity index (χ0n) is 20.8. The molecular formula is C27H30F3N5O3. The van der Waals surface area contributed by atoms with E-state index in [1.165, 1.54) is 6.07 Å². The third kappa shape index (κ3) is 4.51. The smallest absolute Gasteiger partial charge is 0.384 e. The molecule has 3 aliphatic rings. The van der Waals surface area contributed by atoms with Gasteiger partial charge in [0.25, 0.3) is 0 Å². The van der Waals surface area contributed by atoms with E-state index in [1.807, 2.05) is 23.1 Å². The molecule has 2 saturated heterocycles. The third-order valence-corrected chi connectivity index (χ3v) is 8.54. The van der Waals surface area contributed by atoms with Crippen molar-refractivity contribution in [2.45, 2.75) is 68.4 Å². The zero-order chi connectivity index (χ0) is 26.5. The molecule has 6 rings (SSSR count). The average Bonchev–Trinajstić information content (AvgIpc) is 3.63. The molecule has 4 heterocycles. The number of aromatic nitrogens is 2. The number of nitrogens with zero attached hydrogens (tertiary/aromatic N) is 4. The fourth-order valence-corrected chi connectivity index (χ4v) is 6.59. The normalized spacial score (nSPS) is 28.1. The molecule has 0 unspecified atom stereocenters. The van der Waals surface area contributed by atoms with E-state index in [2.05, 4.69) is 20.4 Å². The number of carbonyl (C=O) groups excluding carboxylic acids is 1. The van der Waals surface area contributed by atoms with Gasteiger partial charge in [-0.25, -0.2) is 0 Å². The highest BCUT2D eigenvalue weighted by Gasteiger charge is 2.48. The lowest BCUT2D eigenvalue weighted by molar-refractivity contribution is -0.137. The zero-order valence-corrected chi connectivity index (χ0v) is 20.8.